The predicted octanol–water partition coefficient (Wildman–Crippen LogP) is 2.93. The molecule has 1 fully saturated rings. The van der Waals surface area contributed by atoms with Gasteiger partial charge in [-0.25, -0.2) is 0 Å². The van der Waals surface area contributed by atoms with Gasteiger partial charge in [0.25, 0.3) is 0 Å². The van der Waals surface area contributed by atoms with Crippen LogP contribution in [0.5, 0.6) is 0 Å². The lowest BCUT2D eigenvalue weighted by atomic mass is 10.0. The summed E-state index contributed by atoms with van der Waals surface area (Å²) in [5.74, 6) is 0.225. The molecular formula is C17H25NO2. The molecule has 1 aliphatic rings. The second-order valence-electron chi connectivity index (χ2n) is 5.40. The van der Waals surface area contributed by atoms with Crippen molar-refractivity contribution in [2.45, 2.75) is 39.2 Å². The Morgan fingerprint density at radius 3 is 2.40 bits per heavy atom. The standard InChI is InChI=1S/C17H25NO2/c1-3-14-5-7-15(8-6-14)17(19)13-18-11-9-16(10-12-18)20-4-2/h5-8,16H,3-4,9-13H2,1-2H3. The molecule has 0 spiro atoms. The molecule has 0 aliphatic carbocycles. The van der Waals surface area contributed by atoms with Crippen LogP contribution < -0.4 is 0 Å². The van der Waals surface area contributed by atoms with E-state index in [1.165, 1.54) is 5.56 Å². The van der Waals surface area contributed by atoms with Gasteiger partial charge in [-0.05, 0) is 31.7 Å². The fraction of sp³-hybridized carbons (Fsp3) is 0.588. The lowest BCUT2D eigenvalue weighted by Crippen LogP contribution is -2.39. The lowest BCUT2D eigenvalue weighted by molar-refractivity contribution is 0.0147. The average Bonchev–Trinajstić information content (AvgIpc) is 2.49. The number of rotatable bonds is 6. The van der Waals surface area contributed by atoms with E-state index in [0.29, 0.717) is 12.6 Å². The number of hydrogen-bond donors (Lipinski definition) is 0. The van der Waals surface area contributed by atoms with E-state index < -0.39 is 0 Å². The zero-order valence-corrected chi connectivity index (χ0v) is 12.6. The number of nitrogens with zero attached hydrogens (tertiary/aromatic N) is 1. The minimum atomic E-state index is 0.225. The molecule has 1 aliphatic heterocycles. The van der Waals surface area contributed by atoms with Crippen molar-refractivity contribution in [1.29, 1.82) is 0 Å². The van der Waals surface area contributed by atoms with Crippen molar-refractivity contribution >= 4 is 5.78 Å². The molecule has 110 valence electrons. The number of aryl methyl sites for hydroxylation is 1. The number of hydrogen-bond acceptors (Lipinski definition) is 3. The minimum absolute atomic E-state index is 0.225. The normalized spacial score (nSPS) is 17.3. The molecule has 0 bridgehead atoms. The van der Waals surface area contributed by atoms with Gasteiger partial charge in [-0.1, -0.05) is 31.2 Å². The Bertz CT molecular complexity index is 419. The monoisotopic (exact) mass is 275 g/mol. The molecule has 0 saturated carbocycles. The molecular weight excluding hydrogens is 250 g/mol. The number of likely N-dealkylation sites (tertiary alicyclic amines) is 1. The molecule has 0 amide bonds. The SMILES string of the molecule is CCOC1CCN(CC(=O)c2ccc(CC)cc2)CC1. The third-order valence-electron chi connectivity index (χ3n) is 3.99. The Labute approximate surface area is 121 Å². The summed E-state index contributed by atoms with van der Waals surface area (Å²) in [6.07, 6.45) is 3.47. The highest BCUT2D eigenvalue weighted by Gasteiger charge is 2.21. The maximum atomic E-state index is 12.2. The first-order chi connectivity index (χ1) is 9.72. The molecule has 1 saturated heterocycles. The Kier molecular flexibility index (Phi) is 5.74. The van der Waals surface area contributed by atoms with E-state index in [0.717, 1.165) is 44.5 Å². The van der Waals surface area contributed by atoms with Gasteiger partial charge in [-0.2, -0.15) is 0 Å². The molecule has 0 atom stereocenters. The Morgan fingerprint density at radius 1 is 1.20 bits per heavy atom. The Hall–Kier alpha value is -1.19. The van der Waals surface area contributed by atoms with Gasteiger partial charge in [0, 0.05) is 25.3 Å². The number of carbonyl (C=O) groups excluding carboxylic acids is 1. The third kappa shape index (κ3) is 4.15. The van der Waals surface area contributed by atoms with Crippen molar-refractivity contribution in [3.63, 3.8) is 0 Å². The van der Waals surface area contributed by atoms with Gasteiger partial charge in [0.15, 0.2) is 5.78 Å². The highest BCUT2D eigenvalue weighted by molar-refractivity contribution is 5.97. The molecule has 3 heteroatoms. The zero-order valence-electron chi connectivity index (χ0n) is 12.6. The fourth-order valence-electron chi connectivity index (χ4n) is 2.69. The van der Waals surface area contributed by atoms with E-state index in [2.05, 4.69) is 24.0 Å². The first kappa shape index (κ1) is 15.2. The van der Waals surface area contributed by atoms with Crippen LogP contribution in [0.25, 0.3) is 0 Å². The summed E-state index contributed by atoms with van der Waals surface area (Å²) >= 11 is 0. The van der Waals surface area contributed by atoms with Gasteiger partial charge in [0.05, 0.1) is 12.6 Å². The molecule has 20 heavy (non-hydrogen) atoms. The molecule has 0 radical (unpaired) electrons. The Balaban J connectivity index is 1.82. The summed E-state index contributed by atoms with van der Waals surface area (Å²) in [6.45, 7) is 7.40. The summed E-state index contributed by atoms with van der Waals surface area (Å²) in [5.41, 5.74) is 2.10. The topological polar surface area (TPSA) is 29.5 Å². The van der Waals surface area contributed by atoms with Crippen molar-refractivity contribution in [2.24, 2.45) is 0 Å². The van der Waals surface area contributed by atoms with Gasteiger partial charge < -0.3 is 4.74 Å². The molecule has 0 N–H and O–H groups in total. The molecule has 1 aromatic carbocycles. The Morgan fingerprint density at radius 2 is 1.85 bits per heavy atom. The van der Waals surface area contributed by atoms with E-state index in [4.69, 9.17) is 4.74 Å². The lowest BCUT2D eigenvalue weighted by Gasteiger charge is -2.31. The maximum absolute atomic E-state index is 12.2. The van der Waals surface area contributed by atoms with Crippen LogP contribution in [0.15, 0.2) is 24.3 Å². The van der Waals surface area contributed by atoms with Crippen molar-refractivity contribution < 1.29 is 9.53 Å². The molecule has 0 aromatic heterocycles. The van der Waals surface area contributed by atoms with Gasteiger partial charge in [0.1, 0.15) is 0 Å². The van der Waals surface area contributed by atoms with E-state index in [-0.39, 0.29) is 5.78 Å². The number of ketones is 1. The highest BCUT2D eigenvalue weighted by Crippen LogP contribution is 2.14. The highest BCUT2D eigenvalue weighted by atomic mass is 16.5. The summed E-state index contributed by atoms with van der Waals surface area (Å²) < 4.78 is 5.63. The van der Waals surface area contributed by atoms with E-state index in [1.54, 1.807) is 0 Å². The number of benzene rings is 1. The zero-order chi connectivity index (χ0) is 14.4. The second kappa shape index (κ2) is 7.55. The van der Waals surface area contributed by atoms with Crippen LogP contribution in [0, 0.1) is 0 Å². The summed E-state index contributed by atoms with van der Waals surface area (Å²) in [4.78, 5) is 14.5. The number of carbonyl (C=O) groups is 1. The molecule has 1 heterocycles. The molecule has 2 rings (SSSR count). The summed E-state index contributed by atoms with van der Waals surface area (Å²) in [6, 6.07) is 8.01. The molecule has 0 unspecified atom stereocenters. The van der Waals surface area contributed by atoms with Crippen LogP contribution in [0.4, 0.5) is 0 Å². The van der Waals surface area contributed by atoms with Crippen LogP contribution in [0.2, 0.25) is 0 Å². The van der Waals surface area contributed by atoms with Gasteiger partial charge in [0.2, 0.25) is 0 Å². The van der Waals surface area contributed by atoms with Gasteiger partial charge in [-0.3, -0.25) is 9.69 Å². The van der Waals surface area contributed by atoms with Crippen molar-refractivity contribution in [1.82, 2.24) is 4.90 Å². The number of ether oxygens (including phenoxy) is 1. The molecule has 3 nitrogen and oxygen atoms in total. The van der Waals surface area contributed by atoms with Crippen LogP contribution in [-0.4, -0.2) is 43.0 Å². The fourth-order valence-corrected chi connectivity index (χ4v) is 2.69. The predicted molar refractivity (Wildman–Crippen MR) is 81.2 cm³/mol. The second-order valence-corrected chi connectivity index (χ2v) is 5.40. The summed E-state index contributed by atoms with van der Waals surface area (Å²) in [5, 5.41) is 0. The largest absolute Gasteiger partial charge is 0.378 e. The van der Waals surface area contributed by atoms with Gasteiger partial charge >= 0.3 is 0 Å². The van der Waals surface area contributed by atoms with Crippen molar-refractivity contribution in [3.8, 4) is 0 Å². The third-order valence-corrected chi connectivity index (χ3v) is 3.99. The number of Topliss-reactive ketones (excluding diaryl/α,β-unsaturated/α-hetero) is 1. The molecule has 1 aromatic rings. The number of piperidine rings is 1. The van der Waals surface area contributed by atoms with Crippen LogP contribution in [-0.2, 0) is 11.2 Å². The smallest absolute Gasteiger partial charge is 0.176 e. The minimum Gasteiger partial charge on any atom is -0.378 e. The van der Waals surface area contributed by atoms with E-state index in [1.807, 2.05) is 19.1 Å². The first-order valence-electron chi connectivity index (χ1n) is 7.69. The van der Waals surface area contributed by atoms with Crippen LogP contribution in [0.1, 0.15) is 42.6 Å². The van der Waals surface area contributed by atoms with E-state index in [9.17, 15) is 4.79 Å². The van der Waals surface area contributed by atoms with Crippen LogP contribution in [0.3, 0.4) is 0 Å². The van der Waals surface area contributed by atoms with Gasteiger partial charge in [-0.15, -0.1) is 0 Å². The van der Waals surface area contributed by atoms with E-state index >= 15 is 0 Å². The van der Waals surface area contributed by atoms with Crippen molar-refractivity contribution in [2.75, 3.05) is 26.2 Å². The first-order valence-corrected chi connectivity index (χ1v) is 7.69. The quantitative estimate of drug-likeness (QED) is 0.748. The maximum Gasteiger partial charge on any atom is 0.176 e. The average molecular weight is 275 g/mol. The van der Waals surface area contributed by atoms with Crippen molar-refractivity contribution in [3.05, 3.63) is 35.4 Å². The van der Waals surface area contributed by atoms with Crippen LogP contribution >= 0.6 is 0 Å². The summed E-state index contributed by atoms with van der Waals surface area (Å²) in [7, 11) is 0.